The fourth-order valence-corrected chi connectivity index (χ4v) is 5.59. The first-order valence-corrected chi connectivity index (χ1v) is 13.4. The highest BCUT2D eigenvalue weighted by atomic mass is 16.2. The summed E-state index contributed by atoms with van der Waals surface area (Å²) in [6.07, 6.45) is 9.63. The highest BCUT2D eigenvalue weighted by Crippen LogP contribution is 2.24. The minimum atomic E-state index is -0.440. The van der Waals surface area contributed by atoms with Crippen LogP contribution in [0.4, 0.5) is 11.6 Å². The normalized spacial score (nSPS) is 22.4. The number of piperidine rings is 1. The Labute approximate surface area is 213 Å². The molecule has 3 fully saturated rings. The summed E-state index contributed by atoms with van der Waals surface area (Å²) in [6, 6.07) is 9.85. The number of hydrogen-bond donors (Lipinski definition) is 2. The van der Waals surface area contributed by atoms with Gasteiger partial charge >= 0.3 is 0 Å². The third kappa shape index (κ3) is 5.95. The molecule has 4 heterocycles. The zero-order valence-electron chi connectivity index (χ0n) is 20.9. The van der Waals surface area contributed by atoms with Gasteiger partial charge in [-0.3, -0.25) is 14.5 Å². The number of nitrogens with one attached hydrogen (secondary N) is 2. The molecule has 192 valence electrons. The number of carbonyl (C=O) groups excluding carboxylic acids is 2. The van der Waals surface area contributed by atoms with Crippen molar-refractivity contribution < 1.29 is 9.59 Å². The Morgan fingerprint density at radius 1 is 0.861 bits per heavy atom. The number of benzene rings is 1. The Balaban J connectivity index is 1.11. The second-order valence-electron chi connectivity index (χ2n) is 10.0. The van der Waals surface area contributed by atoms with Gasteiger partial charge in [-0.1, -0.05) is 0 Å². The minimum absolute atomic E-state index is 0.0779. The van der Waals surface area contributed by atoms with Crippen LogP contribution in [0.15, 0.2) is 42.7 Å². The molecule has 0 aliphatic carbocycles. The summed E-state index contributed by atoms with van der Waals surface area (Å²) in [4.78, 5) is 41.1. The maximum absolute atomic E-state index is 12.7. The molecule has 9 heteroatoms. The second-order valence-corrected chi connectivity index (χ2v) is 10.0. The molecule has 9 nitrogen and oxygen atoms in total. The summed E-state index contributed by atoms with van der Waals surface area (Å²) in [7, 11) is 0. The van der Waals surface area contributed by atoms with E-state index < -0.39 is 6.04 Å². The van der Waals surface area contributed by atoms with Crippen molar-refractivity contribution in [2.75, 3.05) is 55.6 Å². The quantitative estimate of drug-likeness (QED) is 0.661. The average Bonchev–Trinajstić information content (AvgIpc) is 3.30. The van der Waals surface area contributed by atoms with Crippen molar-refractivity contribution in [2.24, 2.45) is 0 Å². The van der Waals surface area contributed by atoms with Gasteiger partial charge in [-0.25, -0.2) is 9.97 Å². The molecular weight excluding hydrogens is 454 g/mol. The Kier molecular flexibility index (Phi) is 7.95. The minimum Gasteiger partial charge on any atom is -0.371 e. The van der Waals surface area contributed by atoms with Crippen LogP contribution < -0.4 is 20.4 Å². The molecule has 0 bridgehead atoms. The lowest BCUT2D eigenvalue weighted by Crippen LogP contribution is -2.46. The lowest BCUT2D eigenvalue weighted by Gasteiger charge is -2.39. The molecule has 2 N–H and O–H groups in total. The van der Waals surface area contributed by atoms with Crippen molar-refractivity contribution in [3.05, 3.63) is 48.3 Å². The lowest BCUT2D eigenvalue weighted by atomic mass is 10.0. The fraction of sp³-hybridized carbons (Fsp3) is 0.556. The van der Waals surface area contributed by atoms with Crippen LogP contribution in [0, 0.1) is 0 Å². The largest absolute Gasteiger partial charge is 0.371 e. The van der Waals surface area contributed by atoms with E-state index in [0.29, 0.717) is 24.6 Å². The van der Waals surface area contributed by atoms with Crippen LogP contribution in [-0.4, -0.2) is 84.6 Å². The van der Waals surface area contributed by atoms with Gasteiger partial charge in [-0.15, -0.1) is 0 Å². The van der Waals surface area contributed by atoms with Crippen molar-refractivity contribution in [3.63, 3.8) is 0 Å². The number of anilines is 2. The number of nitrogens with zero attached hydrogens (tertiary/aromatic N) is 5. The second kappa shape index (κ2) is 11.7. The van der Waals surface area contributed by atoms with Crippen LogP contribution in [0.1, 0.15) is 48.9 Å². The van der Waals surface area contributed by atoms with Gasteiger partial charge in [0.05, 0.1) is 0 Å². The first kappa shape index (κ1) is 24.5. The van der Waals surface area contributed by atoms with E-state index in [2.05, 4.69) is 35.3 Å². The fourth-order valence-electron chi connectivity index (χ4n) is 5.59. The summed E-state index contributed by atoms with van der Waals surface area (Å²) >= 11 is 0. The van der Waals surface area contributed by atoms with Crippen LogP contribution >= 0.6 is 0 Å². The van der Waals surface area contributed by atoms with Gasteiger partial charge < -0.3 is 20.4 Å². The number of hydrogen-bond acceptors (Lipinski definition) is 7. The predicted molar refractivity (Wildman–Crippen MR) is 140 cm³/mol. The molecule has 1 aromatic carbocycles. The van der Waals surface area contributed by atoms with Gasteiger partial charge in [-0.05, 0) is 68.9 Å². The summed E-state index contributed by atoms with van der Waals surface area (Å²) in [5.74, 6) is 0.577. The number of rotatable bonds is 5. The Morgan fingerprint density at radius 3 is 2.42 bits per heavy atom. The SMILES string of the molecule is O=C(N[C@H]1CCCCNC1=O)c1ccc(N2CCC(N3CCCN(c4ncccn4)CC3)CC2)cc1. The lowest BCUT2D eigenvalue weighted by molar-refractivity contribution is -0.122. The molecule has 0 spiro atoms. The third-order valence-electron chi connectivity index (χ3n) is 7.68. The molecule has 0 radical (unpaired) electrons. The zero-order valence-corrected chi connectivity index (χ0v) is 20.9. The van der Waals surface area contributed by atoms with E-state index in [1.54, 1.807) is 0 Å². The van der Waals surface area contributed by atoms with Gasteiger partial charge in [0.1, 0.15) is 6.04 Å². The van der Waals surface area contributed by atoms with E-state index in [1.165, 1.54) is 0 Å². The molecule has 5 rings (SSSR count). The van der Waals surface area contributed by atoms with Crippen LogP contribution in [0.3, 0.4) is 0 Å². The van der Waals surface area contributed by atoms with Crippen LogP contribution in [-0.2, 0) is 4.79 Å². The van der Waals surface area contributed by atoms with Crippen molar-refractivity contribution >= 4 is 23.5 Å². The molecule has 0 saturated carbocycles. The third-order valence-corrected chi connectivity index (χ3v) is 7.68. The Hall–Kier alpha value is -3.20. The highest BCUT2D eigenvalue weighted by molar-refractivity contribution is 5.97. The maximum Gasteiger partial charge on any atom is 0.251 e. The molecular formula is C27H37N7O2. The summed E-state index contributed by atoms with van der Waals surface area (Å²) in [5.41, 5.74) is 1.75. The number of amides is 2. The number of aromatic nitrogens is 2. The van der Waals surface area contributed by atoms with Gasteiger partial charge in [0.15, 0.2) is 0 Å². The van der Waals surface area contributed by atoms with Crippen LogP contribution in [0.25, 0.3) is 0 Å². The molecule has 3 aliphatic heterocycles. The van der Waals surface area contributed by atoms with E-state index in [4.69, 9.17) is 0 Å². The molecule has 2 amide bonds. The number of carbonyl (C=O) groups is 2. The smallest absolute Gasteiger partial charge is 0.251 e. The van der Waals surface area contributed by atoms with Crippen LogP contribution in [0.2, 0.25) is 0 Å². The zero-order chi connectivity index (χ0) is 24.7. The van der Waals surface area contributed by atoms with Crippen molar-refractivity contribution in [3.8, 4) is 0 Å². The molecule has 1 atom stereocenters. The van der Waals surface area contributed by atoms with E-state index in [0.717, 1.165) is 83.0 Å². The predicted octanol–water partition coefficient (Wildman–Crippen LogP) is 2.06. The van der Waals surface area contributed by atoms with E-state index in [9.17, 15) is 9.59 Å². The standard InChI is InChI=1S/C27H37N7O2/c35-25(31-24-5-1-2-12-28-26(24)36)21-6-8-22(9-7-21)33-17-10-23(11-18-33)32-15-4-16-34(20-19-32)27-29-13-3-14-30-27/h3,6-9,13-14,23-24H,1-2,4-5,10-12,15-20H2,(H,28,36)(H,31,35)/t24-/m0/s1. The summed E-state index contributed by atoms with van der Waals surface area (Å²) < 4.78 is 0. The maximum atomic E-state index is 12.7. The monoisotopic (exact) mass is 491 g/mol. The van der Waals surface area contributed by atoms with Crippen LogP contribution in [0.5, 0.6) is 0 Å². The van der Waals surface area contributed by atoms with Crippen molar-refractivity contribution in [2.45, 2.75) is 50.6 Å². The molecule has 36 heavy (non-hydrogen) atoms. The van der Waals surface area contributed by atoms with Gasteiger partial charge in [0.2, 0.25) is 11.9 Å². The van der Waals surface area contributed by atoms with Gasteiger partial charge in [0, 0.05) is 75.5 Å². The molecule has 3 saturated heterocycles. The molecule has 0 unspecified atom stereocenters. The van der Waals surface area contributed by atoms with Gasteiger partial charge in [-0.2, -0.15) is 0 Å². The van der Waals surface area contributed by atoms with E-state index >= 15 is 0 Å². The molecule has 2 aromatic rings. The van der Waals surface area contributed by atoms with E-state index in [-0.39, 0.29) is 11.8 Å². The summed E-state index contributed by atoms with van der Waals surface area (Å²) in [5, 5.41) is 5.78. The average molecular weight is 492 g/mol. The van der Waals surface area contributed by atoms with Crippen molar-refractivity contribution in [1.29, 1.82) is 0 Å². The summed E-state index contributed by atoms with van der Waals surface area (Å²) in [6.45, 7) is 6.86. The molecule has 1 aromatic heterocycles. The first-order chi connectivity index (χ1) is 17.7. The molecule has 3 aliphatic rings. The Bertz CT molecular complexity index is 1010. The Morgan fingerprint density at radius 2 is 1.64 bits per heavy atom. The topological polar surface area (TPSA) is 93.7 Å². The van der Waals surface area contributed by atoms with E-state index in [1.807, 2.05) is 42.7 Å². The first-order valence-electron chi connectivity index (χ1n) is 13.4. The van der Waals surface area contributed by atoms with Gasteiger partial charge in [0.25, 0.3) is 5.91 Å². The highest BCUT2D eigenvalue weighted by Gasteiger charge is 2.27. The van der Waals surface area contributed by atoms with Crippen molar-refractivity contribution in [1.82, 2.24) is 25.5 Å².